The summed E-state index contributed by atoms with van der Waals surface area (Å²) in [6, 6.07) is 9.49. The fourth-order valence-electron chi connectivity index (χ4n) is 1.88. The molecule has 1 aliphatic rings. The van der Waals surface area contributed by atoms with E-state index in [1.54, 1.807) is 6.92 Å². The minimum absolute atomic E-state index is 0.0461. The summed E-state index contributed by atoms with van der Waals surface area (Å²) in [5.74, 6) is 0.0461. The molecule has 0 unspecified atom stereocenters. The maximum absolute atomic E-state index is 11.6. The molecule has 4 heteroatoms. The van der Waals surface area contributed by atoms with Crippen LogP contribution in [0.3, 0.4) is 0 Å². The highest BCUT2D eigenvalue weighted by molar-refractivity contribution is 5.84. The van der Waals surface area contributed by atoms with Crippen LogP contribution in [0.15, 0.2) is 30.3 Å². The Bertz CT molecular complexity index is 416. The molecular formula is C13H15NO3. The standard InChI is InChI=1S/C13H15NO3/c1-2-11(15)8-14-12(9-17-13(14)16)10-6-4-3-5-7-10/h3-7,12H,2,8-9H2,1H3/t12-/m0/s1. The fraction of sp³-hybridized carbons (Fsp3) is 0.385. The van der Waals surface area contributed by atoms with Gasteiger partial charge in [-0.15, -0.1) is 0 Å². The number of carbonyl (C=O) groups excluding carboxylic acids is 2. The van der Waals surface area contributed by atoms with E-state index in [1.807, 2.05) is 30.3 Å². The predicted molar refractivity (Wildman–Crippen MR) is 62.5 cm³/mol. The normalized spacial score (nSPS) is 19.2. The number of benzene rings is 1. The lowest BCUT2D eigenvalue weighted by Crippen LogP contribution is -2.32. The summed E-state index contributed by atoms with van der Waals surface area (Å²) in [6.07, 6.45) is 0.0336. The van der Waals surface area contributed by atoms with Gasteiger partial charge in [-0.1, -0.05) is 37.3 Å². The molecule has 0 radical (unpaired) electrons. The quantitative estimate of drug-likeness (QED) is 0.800. The molecule has 0 aromatic heterocycles. The highest BCUT2D eigenvalue weighted by Crippen LogP contribution is 2.27. The summed E-state index contributed by atoms with van der Waals surface area (Å²) in [6.45, 7) is 2.25. The van der Waals surface area contributed by atoms with Crippen molar-refractivity contribution in [2.24, 2.45) is 0 Å². The van der Waals surface area contributed by atoms with Gasteiger partial charge in [-0.3, -0.25) is 9.69 Å². The van der Waals surface area contributed by atoms with Crippen molar-refractivity contribution in [3.05, 3.63) is 35.9 Å². The van der Waals surface area contributed by atoms with Crippen molar-refractivity contribution in [2.45, 2.75) is 19.4 Å². The molecule has 4 nitrogen and oxygen atoms in total. The Kier molecular flexibility index (Phi) is 3.42. The molecule has 1 amide bonds. The Morgan fingerprint density at radius 2 is 2.12 bits per heavy atom. The molecule has 17 heavy (non-hydrogen) atoms. The van der Waals surface area contributed by atoms with E-state index in [9.17, 15) is 9.59 Å². The van der Waals surface area contributed by atoms with Gasteiger partial charge in [-0.2, -0.15) is 0 Å². The summed E-state index contributed by atoms with van der Waals surface area (Å²) < 4.78 is 5.01. The molecular weight excluding hydrogens is 218 g/mol. The van der Waals surface area contributed by atoms with Crippen LogP contribution in [-0.2, 0) is 9.53 Å². The molecule has 1 atom stereocenters. The lowest BCUT2D eigenvalue weighted by Gasteiger charge is -2.20. The average Bonchev–Trinajstić information content (AvgIpc) is 2.72. The molecule has 0 bridgehead atoms. The van der Waals surface area contributed by atoms with Crippen LogP contribution in [-0.4, -0.2) is 29.9 Å². The topological polar surface area (TPSA) is 46.6 Å². The molecule has 0 N–H and O–H groups in total. The van der Waals surface area contributed by atoms with E-state index in [4.69, 9.17) is 4.74 Å². The van der Waals surface area contributed by atoms with E-state index in [0.29, 0.717) is 13.0 Å². The summed E-state index contributed by atoms with van der Waals surface area (Å²) in [5.41, 5.74) is 1.00. The van der Waals surface area contributed by atoms with E-state index < -0.39 is 6.09 Å². The molecule has 0 spiro atoms. The summed E-state index contributed by atoms with van der Waals surface area (Å²) >= 11 is 0. The number of hydrogen-bond donors (Lipinski definition) is 0. The lowest BCUT2D eigenvalue weighted by atomic mass is 10.1. The molecule has 1 heterocycles. The minimum atomic E-state index is -0.402. The number of hydrogen-bond acceptors (Lipinski definition) is 3. The van der Waals surface area contributed by atoms with Gasteiger partial charge in [0.05, 0.1) is 12.6 Å². The van der Waals surface area contributed by atoms with E-state index >= 15 is 0 Å². The molecule has 1 aromatic rings. The van der Waals surface area contributed by atoms with Crippen LogP contribution >= 0.6 is 0 Å². The van der Waals surface area contributed by atoms with Crippen molar-refractivity contribution in [3.8, 4) is 0 Å². The van der Waals surface area contributed by atoms with Crippen molar-refractivity contribution < 1.29 is 14.3 Å². The number of ether oxygens (including phenoxy) is 1. The number of ketones is 1. The molecule has 0 aliphatic carbocycles. The van der Waals surface area contributed by atoms with Crippen LogP contribution in [0.4, 0.5) is 4.79 Å². The molecule has 0 saturated carbocycles. The molecule has 1 saturated heterocycles. The number of Topliss-reactive ketones (excluding diaryl/α,β-unsaturated/α-hetero) is 1. The van der Waals surface area contributed by atoms with Gasteiger partial charge in [-0.25, -0.2) is 4.79 Å². The molecule has 1 aliphatic heterocycles. The van der Waals surface area contributed by atoms with Crippen molar-refractivity contribution in [1.29, 1.82) is 0 Å². The SMILES string of the molecule is CCC(=O)CN1C(=O)OC[C@H]1c1ccccc1. The number of amides is 1. The van der Waals surface area contributed by atoms with Gasteiger partial charge < -0.3 is 4.74 Å². The fourth-order valence-corrected chi connectivity index (χ4v) is 1.88. The van der Waals surface area contributed by atoms with Gasteiger partial charge in [0, 0.05) is 6.42 Å². The number of nitrogens with zero attached hydrogens (tertiary/aromatic N) is 1. The van der Waals surface area contributed by atoms with Crippen LogP contribution in [0.25, 0.3) is 0 Å². The Morgan fingerprint density at radius 1 is 1.41 bits per heavy atom. The number of rotatable bonds is 4. The summed E-state index contributed by atoms with van der Waals surface area (Å²) in [7, 11) is 0. The second-order valence-electron chi connectivity index (χ2n) is 4.02. The second-order valence-corrected chi connectivity index (χ2v) is 4.02. The van der Waals surface area contributed by atoms with Gasteiger partial charge in [0.1, 0.15) is 6.61 Å². The van der Waals surface area contributed by atoms with Gasteiger partial charge in [0.15, 0.2) is 5.78 Å². The lowest BCUT2D eigenvalue weighted by molar-refractivity contribution is -0.119. The Labute approximate surface area is 100 Å². The smallest absolute Gasteiger partial charge is 0.410 e. The van der Waals surface area contributed by atoms with Crippen LogP contribution < -0.4 is 0 Å². The monoisotopic (exact) mass is 233 g/mol. The van der Waals surface area contributed by atoms with Crippen LogP contribution in [0, 0.1) is 0 Å². The summed E-state index contributed by atoms with van der Waals surface area (Å²) in [4.78, 5) is 24.5. The number of carbonyl (C=O) groups is 2. The van der Waals surface area contributed by atoms with Crippen LogP contribution in [0.5, 0.6) is 0 Å². The molecule has 90 valence electrons. The zero-order valence-electron chi connectivity index (χ0n) is 9.76. The van der Waals surface area contributed by atoms with Gasteiger partial charge in [0.25, 0.3) is 0 Å². The second kappa shape index (κ2) is 4.99. The van der Waals surface area contributed by atoms with Crippen LogP contribution in [0.1, 0.15) is 24.9 Å². The maximum Gasteiger partial charge on any atom is 0.410 e. The third kappa shape index (κ3) is 2.46. The third-order valence-electron chi connectivity index (χ3n) is 2.90. The Balaban J connectivity index is 2.16. The van der Waals surface area contributed by atoms with E-state index in [2.05, 4.69) is 0 Å². The highest BCUT2D eigenvalue weighted by atomic mass is 16.6. The minimum Gasteiger partial charge on any atom is -0.447 e. The molecule has 1 aromatic carbocycles. The zero-order chi connectivity index (χ0) is 12.3. The van der Waals surface area contributed by atoms with Crippen molar-refractivity contribution >= 4 is 11.9 Å². The highest BCUT2D eigenvalue weighted by Gasteiger charge is 2.34. The van der Waals surface area contributed by atoms with Crippen LogP contribution in [0.2, 0.25) is 0 Å². The van der Waals surface area contributed by atoms with Gasteiger partial charge in [-0.05, 0) is 5.56 Å². The van der Waals surface area contributed by atoms with Crippen molar-refractivity contribution in [3.63, 3.8) is 0 Å². The van der Waals surface area contributed by atoms with Gasteiger partial charge in [0.2, 0.25) is 0 Å². The van der Waals surface area contributed by atoms with E-state index in [0.717, 1.165) is 5.56 Å². The Morgan fingerprint density at radius 3 is 2.76 bits per heavy atom. The van der Waals surface area contributed by atoms with Crippen molar-refractivity contribution in [1.82, 2.24) is 4.90 Å². The first-order chi connectivity index (χ1) is 8.22. The number of cyclic esters (lactones) is 1. The van der Waals surface area contributed by atoms with E-state index in [-0.39, 0.29) is 18.4 Å². The van der Waals surface area contributed by atoms with Gasteiger partial charge >= 0.3 is 6.09 Å². The summed E-state index contributed by atoms with van der Waals surface area (Å²) in [5, 5.41) is 0. The largest absolute Gasteiger partial charge is 0.447 e. The zero-order valence-corrected chi connectivity index (χ0v) is 9.76. The first kappa shape index (κ1) is 11.6. The third-order valence-corrected chi connectivity index (χ3v) is 2.90. The molecule has 1 fully saturated rings. The molecule has 2 rings (SSSR count). The van der Waals surface area contributed by atoms with E-state index in [1.165, 1.54) is 4.90 Å². The maximum atomic E-state index is 11.6. The Hall–Kier alpha value is -1.84. The average molecular weight is 233 g/mol. The first-order valence-electron chi connectivity index (χ1n) is 5.72. The first-order valence-corrected chi connectivity index (χ1v) is 5.72. The predicted octanol–water partition coefficient (Wildman–Crippen LogP) is 2.16. The van der Waals surface area contributed by atoms with Crippen molar-refractivity contribution in [2.75, 3.05) is 13.2 Å².